The molecule has 116 valence electrons. The highest BCUT2D eigenvalue weighted by atomic mass is 16.5. The molecule has 1 aromatic carbocycles. The molecule has 1 fully saturated rings. The van der Waals surface area contributed by atoms with Crippen molar-refractivity contribution < 1.29 is 19.4 Å². The lowest BCUT2D eigenvalue weighted by molar-refractivity contribution is -0.926. The number of phenolic OH excluding ortho intramolecular Hbond substituents is 1. The van der Waals surface area contributed by atoms with Crippen molar-refractivity contribution in [2.45, 2.75) is 36.5 Å². The van der Waals surface area contributed by atoms with E-state index in [1.165, 1.54) is 11.1 Å². The number of aromatic hydroxyl groups is 1. The van der Waals surface area contributed by atoms with Crippen molar-refractivity contribution in [3.05, 3.63) is 35.4 Å². The smallest absolute Gasteiger partial charge is 0.165 e. The van der Waals surface area contributed by atoms with Gasteiger partial charge < -0.3 is 19.4 Å². The maximum Gasteiger partial charge on any atom is 0.165 e. The largest absolute Gasteiger partial charge is 0.504 e. The summed E-state index contributed by atoms with van der Waals surface area (Å²) >= 11 is 0. The van der Waals surface area contributed by atoms with Crippen molar-refractivity contribution in [3.8, 4) is 11.5 Å². The van der Waals surface area contributed by atoms with Crippen LogP contribution in [0.15, 0.2) is 24.3 Å². The number of ether oxygens (including phenoxy) is 1. The molecule has 1 saturated heterocycles. The quantitative estimate of drug-likeness (QED) is 0.561. The van der Waals surface area contributed by atoms with Gasteiger partial charge in [-0.25, -0.2) is 0 Å². The summed E-state index contributed by atoms with van der Waals surface area (Å²) in [6, 6.07) is 4.31. The Bertz CT molecular complexity index is 711. The van der Waals surface area contributed by atoms with Crippen molar-refractivity contribution in [3.63, 3.8) is 0 Å². The Morgan fingerprint density at radius 1 is 1.27 bits per heavy atom. The number of nitrogens with zero attached hydrogens (tertiary/aromatic N) is 1. The topological polar surface area (TPSA) is 49.7 Å². The molecule has 5 rings (SSSR count). The minimum atomic E-state index is -0.594. The molecule has 1 spiro atoms. The molecule has 2 bridgehead atoms. The lowest BCUT2D eigenvalue weighted by Gasteiger charge is -2.58. The molecule has 2 N–H and O–H groups in total. The average molecular weight is 300 g/mol. The maximum atomic E-state index is 10.5. The second-order valence-electron chi connectivity index (χ2n) is 7.95. The van der Waals surface area contributed by atoms with Crippen LogP contribution in [0.3, 0.4) is 0 Å². The molecule has 2 aliphatic heterocycles. The number of rotatable bonds is 0. The Morgan fingerprint density at radius 3 is 2.91 bits per heavy atom. The second-order valence-corrected chi connectivity index (χ2v) is 7.95. The average Bonchev–Trinajstić information content (AvgIpc) is 2.84. The summed E-state index contributed by atoms with van der Waals surface area (Å²) in [6.45, 7) is 1.08. The fourth-order valence-electron chi connectivity index (χ4n) is 5.60. The van der Waals surface area contributed by atoms with Gasteiger partial charge in [-0.2, -0.15) is 0 Å². The van der Waals surface area contributed by atoms with E-state index in [0.29, 0.717) is 17.7 Å². The summed E-state index contributed by atoms with van der Waals surface area (Å²) in [7, 11) is 4.63. The molecule has 22 heavy (non-hydrogen) atoms. The second kappa shape index (κ2) is 3.69. The first kappa shape index (κ1) is 13.0. The van der Waals surface area contributed by atoms with Crippen LogP contribution in [0, 0.1) is 5.92 Å². The minimum absolute atomic E-state index is 0.158. The van der Waals surface area contributed by atoms with E-state index in [1.54, 1.807) is 6.07 Å². The lowest BCUT2D eigenvalue weighted by Crippen LogP contribution is -2.70. The van der Waals surface area contributed by atoms with Gasteiger partial charge in [-0.05, 0) is 11.6 Å². The molecule has 4 nitrogen and oxygen atoms in total. The number of likely N-dealkylation sites (tertiary alicyclic amines) is 1. The molecule has 0 radical (unpaired) electrons. The molecule has 2 heterocycles. The van der Waals surface area contributed by atoms with Crippen molar-refractivity contribution in [2.24, 2.45) is 5.92 Å². The molecule has 0 amide bonds. The van der Waals surface area contributed by atoms with Crippen LogP contribution in [0.2, 0.25) is 0 Å². The predicted octanol–water partition coefficient (Wildman–Crippen LogP) is 1.34. The van der Waals surface area contributed by atoms with Crippen molar-refractivity contribution >= 4 is 0 Å². The number of quaternary nitrogens is 1. The number of piperidine rings is 1. The normalized spacial score (nSPS) is 42.7. The third kappa shape index (κ3) is 1.24. The highest BCUT2D eigenvalue weighted by Gasteiger charge is 2.67. The third-order valence-electron chi connectivity index (χ3n) is 6.70. The maximum absolute atomic E-state index is 10.5. The van der Waals surface area contributed by atoms with Gasteiger partial charge in [0, 0.05) is 24.3 Å². The van der Waals surface area contributed by atoms with Gasteiger partial charge in [0.25, 0.3) is 0 Å². The van der Waals surface area contributed by atoms with Crippen LogP contribution in [0.5, 0.6) is 11.5 Å². The Morgan fingerprint density at radius 2 is 2.09 bits per heavy atom. The van der Waals surface area contributed by atoms with Crippen LogP contribution < -0.4 is 4.74 Å². The van der Waals surface area contributed by atoms with Gasteiger partial charge in [-0.3, -0.25) is 0 Å². The molecule has 0 aromatic heterocycles. The van der Waals surface area contributed by atoms with Crippen LogP contribution in [-0.2, 0) is 11.8 Å². The number of phenols is 1. The van der Waals surface area contributed by atoms with E-state index in [4.69, 9.17) is 4.74 Å². The van der Waals surface area contributed by atoms with Crippen LogP contribution in [0.25, 0.3) is 0 Å². The van der Waals surface area contributed by atoms with Crippen molar-refractivity contribution in [1.29, 1.82) is 0 Å². The molecule has 0 saturated carbocycles. The van der Waals surface area contributed by atoms with E-state index in [0.717, 1.165) is 23.9 Å². The monoisotopic (exact) mass is 300 g/mol. The molecule has 4 heteroatoms. The van der Waals surface area contributed by atoms with E-state index in [9.17, 15) is 10.2 Å². The number of hydrogen-bond acceptors (Lipinski definition) is 3. The van der Waals surface area contributed by atoms with Gasteiger partial charge in [0.2, 0.25) is 0 Å². The molecule has 2 aliphatic carbocycles. The molecular formula is C18H22NO3+. The molecule has 4 aliphatic rings. The van der Waals surface area contributed by atoms with Crippen LogP contribution in [0.1, 0.15) is 17.5 Å². The first-order valence-electron chi connectivity index (χ1n) is 8.16. The summed E-state index contributed by atoms with van der Waals surface area (Å²) in [5.74, 6) is 1.22. The Labute approximate surface area is 130 Å². The van der Waals surface area contributed by atoms with E-state index in [1.807, 2.05) is 6.08 Å². The summed E-state index contributed by atoms with van der Waals surface area (Å²) < 4.78 is 7.14. The fraction of sp³-hybridized carbons (Fsp3) is 0.556. The van der Waals surface area contributed by atoms with Gasteiger partial charge >= 0.3 is 0 Å². The minimum Gasteiger partial charge on any atom is -0.504 e. The number of aliphatic hydroxyl groups is 1. The number of benzene rings is 1. The fourth-order valence-corrected chi connectivity index (χ4v) is 5.60. The van der Waals surface area contributed by atoms with Gasteiger partial charge in [-0.1, -0.05) is 18.2 Å². The highest BCUT2D eigenvalue weighted by Crippen LogP contribution is 2.63. The zero-order valence-corrected chi connectivity index (χ0v) is 13.0. The van der Waals surface area contributed by atoms with E-state index in [-0.39, 0.29) is 17.3 Å². The van der Waals surface area contributed by atoms with E-state index < -0.39 is 6.10 Å². The molecule has 0 unspecified atom stereocenters. The van der Waals surface area contributed by atoms with E-state index in [2.05, 4.69) is 26.2 Å². The van der Waals surface area contributed by atoms with Gasteiger partial charge in [0.1, 0.15) is 18.2 Å². The number of likely N-dealkylation sites (N-methyl/N-ethyl adjacent to an activating group) is 1. The lowest BCUT2D eigenvalue weighted by atomic mass is 9.53. The van der Waals surface area contributed by atoms with Crippen molar-refractivity contribution in [2.75, 3.05) is 20.6 Å². The molecule has 1 aromatic rings. The standard InChI is InChI=1S/C18H21NO3/c1-19(2)8-7-18-11-4-6-14(21)17(18)22-16-13(20)5-3-10(15(16)18)9-12(11)19/h3-6,11-12,14,17,21H,7-9H2,1-2H3/p+1/t11-,12+,14-,17-,18-/m0/s1. The first-order valence-corrected chi connectivity index (χ1v) is 8.16. The number of aliphatic hydroxyl groups excluding tert-OH is 1. The summed E-state index contributed by atoms with van der Waals surface area (Å²) in [4.78, 5) is 0. The van der Waals surface area contributed by atoms with Crippen molar-refractivity contribution in [1.82, 2.24) is 0 Å². The van der Waals surface area contributed by atoms with Gasteiger partial charge in [0.05, 0.1) is 26.1 Å². The summed E-state index contributed by atoms with van der Waals surface area (Å²) in [5, 5.41) is 20.8. The Hall–Kier alpha value is -1.52. The summed E-state index contributed by atoms with van der Waals surface area (Å²) in [6.07, 6.45) is 5.28. The van der Waals surface area contributed by atoms with Crippen LogP contribution >= 0.6 is 0 Å². The van der Waals surface area contributed by atoms with Gasteiger partial charge in [0.15, 0.2) is 11.5 Å². The predicted molar refractivity (Wildman–Crippen MR) is 81.9 cm³/mol. The van der Waals surface area contributed by atoms with Crippen LogP contribution in [0.4, 0.5) is 0 Å². The SMILES string of the molecule is C[N+]1(C)CC[C@]23c4c5ccc(O)c4O[C@H]2[C@@H](O)C=C[C@H]3[C@H]1C5. The first-order chi connectivity index (χ1) is 10.4. The Kier molecular flexibility index (Phi) is 2.17. The number of hydrogen-bond donors (Lipinski definition) is 2. The molecule has 5 atom stereocenters. The molecular weight excluding hydrogens is 278 g/mol. The van der Waals surface area contributed by atoms with Crippen LogP contribution in [-0.4, -0.2) is 53.6 Å². The third-order valence-corrected chi connectivity index (χ3v) is 6.70. The Balaban J connectivity index is 1.84. The summed E-state index contributed by atoms with van der Waals surface area (Å²) in [5.41, 5.74) is 2.32. The van der Waals surface area contributed by atoms with Gasteiger partial charge in [-0.15, -0.1) is 0 Å². The highest BCUT2D eigenvalue weighted by molar-refractivity contribution is 5.61. The zero-order chi connectivity index (χ0) is 15.3. The zero-order valence-electron chi connectivity index (χ0n) is 13.0. The van der Waals surface area contributed by atoms with E-state index >= 15 is 0 Å².